The van der Waals surface area contributed by atoms with Gasteiger partial charge in [-0.2, -0.15) is 4.98 Å². The second-order valence-electron chi connectivity index (χ2n) is 4.63. The third-order valence-electron chi connectivity index (χ3n) is 3.28. The second kappa shape index (κ2) is 5.27. The Hall–Kier alpha value is -1.75. The third kappa shape index (κ3) is 2.56. The summed E-state index contributed by atoms with van der Waals surface area (Å²) in [5.74, 6) is 1.97. The van der Waals surface area contributed by atoms with E-state index in [2.05, 4.69) is 20.4 Å². The minimum absolute atomic E-state index is 0.513. The van der Waals surface area contributed by atoms with Crippen molar-refractivity contribution < 1.29 is 4.52 Å². The Labute approximate surface area is 106 Å². The number of pyridine rings is 1. The zero-order chi connectivity index (χ0) is 12.2. The van der Waals surface area contributed by atoms with Crippen LogP contribution in [0.3, 0.4) is 0 Å². The number of aromatic nitrogens is 3. The first-order valence-electron chi connectivity index (χ1n) is 6.36. The van der Waals surface area contributed by atoms with Crippen molar-refractivity contribution in [3.8, 4) is 11.6 Å². The molecule has 2 aromatic heterocycles. The van der Waals surface area contributed by atoms with Crippen LogP contribution in [0, 0.1) is 5.92 Å². The number of nitrogens with one attached hydrogen (secondary N) is 1. The van der Waals surface area contributed by atoms with E-state index in [1.807, 2.05) is 18.2 Å². The van der Waals surface area contributed by atoms with Gasteiger partial charge in [0.05, 0.1) is 0 Å². The molecule has 2 aromatic rings. The molecule has 0 amide bonds. The molecule has 0 spiro atoms. The largest absolute Gasteiger partial charge is 0.332 e. The predicted octanol–water partition coefficient (Wildman–Crippen LogP) is 1.67. The van der Waals surface area contributed by atoms with Crippen LogP contribution in [-0.2, 0) is 6.42 Å². The molecule has 0 aliphatic carbocycles. The zero-order valence-corrected chi connectivity index (χ0v) is 10.2. The zero-order valence-electron chi connectivity index (χ0n) is 10.2. The van der Waals surface area contributed by atoms with E-state index in [1.54, 1.807) is 6.20 Å². The van der Waals surface area contributed by atoms with Crippen LogP contribution in [0.5, 0.6) is 0 Å². The van der Waals surface area contributed by atoms with Crippen LogP contribution in [0.1, 0.15) is 18.7 Å². The highest BCUT2D eigenvalue weighted by Crippen LogP contribution is 2.19. The van der Waals surface area contributed by atoms with Crippen LogP contribution in [0.15, 0.2) is 28.9 Å². The minimum Gasteiger partial charge on any atom is -0.332 e. The van der Waals surface area contributed by atoms with E-state index in [0.29, 0.717) is 11.8 Å². The van der Waals surface area contributed by atoms with Crippen molar-refractivity contribution >= 4 is 0 Å². The molecule has 94 valence electrons. The summed E-state index contributed by atoms with van der Waals surface area (Å²) in [4.78, 5) is 8.62. The molecule has 5 heteroatoms. The Morgan fingerprint density at radius 3 is 2.94 bits per heavy atom. The standard InChI is InChI=1S/C13H16N4O/c1-2-6-15-11(3-1)13-16-12(17-18-13)9-10-4-7-14-8-5-10/h1-3,6,10,14H,4-5,7-9H2. The van der Waals surface area contributed by atoms with Crippen LogP contribution < -0.4 is 5.32 Å². The molecule has 1 aliphatic rings. The van der Waals surface area contributed by atoms with Gasteiger partial charge in [0.15, 0.2) is 5.82 Å². The summed E-state index contributed by atoms with van der Waals surface area (Å²) in [5, 5.41) is 7.40. The molecule has 0 saturated carbocycles. The lowest BCUT2D eigenvalue weighted by atomic mass is 9.94. The average molecular weight is 244 g/mol. The van der Waals surface area contributed by atoms with E-state index < -0.39 is 0 Å². The quantitative estimate of drug-likeness (QED) is 0.889. The maximum atomic E-state index is 5.25. The molecule has 0 atom stereocenters. The summed E-state index contributed by atoms with van der Waals surface area (Å²) in [6, 6.07) is 5.66. The van der Waals surface area contributed by atoms with Crippen LogP contribution >= 0.6 is 0 Å². The van der Waals surface area contributed by atoms with Gasteiger partial charge in [0.1, 0.15) is 5.69 Å². The Bertz CT molecular complexity index is 491. The van der Waals surface area contributed by atoms with Crippen molar-refractivity contribution in [1.29, 1.82) is 0 Å². The topological polar surface area (TPSA) is 63.8 Å². The maximum Gasteiger partial charge on any atom is 0.276 e. The highest BCUT2D eigenvalue weighted by Gasteiger charge is 2.17. The lowest BCUT2D eigenvalue weighted by Crippen LogP contribution is -2.28. The fourth-order valence-corrected chi connectivity index (χ4v) is 2.27. The second-order valence-corrected chi connectivity index (χ2v) is 4.63. The van der Waals surface area contributed by atoms with Crippen molar-refractivity contribution in [3.63, 3.8) is 0 Å². The smallest absolute Gasteiger partial charge is 0.276 e. The van der Waals surface area contributed by atoms with Gasteiger partial charge in [-0.15, -0.1) is 0 Å². The molecule has 3 heterocycles. The van der Waals surface area contributed by atoms with Crippen molar-refractivity contribution in [2.75, 3.05) is 13.1 Å². The molecule has 1 N–H and O–H groups in total. The van der Waals surface area contributed by atoms with Gasteiger partial charge in [-0.25, -0.2) is 0 Å². The maximum absolute atomic E-state index is 5.25. The van der Waals surface area contributed by atoms with Crippen molar-refractivity contribution in [2.24, 2.45) is 5.92 Å². The number of nitrogens with zero attached hydrogens (tertiary/aromatic N) is 3. The molecule has 0 radical (unpaired) electrons. The van der Waals surface area contributed by atoms with Crippen molar-refractivity contribution in [3.05, 3.63) is 30.2 Å². The Kier molecular flexibility index (Phi) is 3.32. The summed E-state index contributed by atoms with van der Waals surface area (Å²) < 4.78 is 5.25. The molecule has 1 fully saturated rings. The number of hydrogen-bond acceptors (Lipinski definition) is 5. The van der Waals surface area contributed by atoms with E-state index in [-0.39, 0.29) is 0 Å². The number of piperidine rings is 1. The van der Waals surface area contributed by atoms with E-state index in [9.17, 15) is 0 Å². The van der Waals surface area contributed by atoms with Crippen LogP contribution in [0.2, 0.25) is 0 Å². The molecule has 1 saturated heterocycles. The van der Waals surface area contributed by atoms with E-state index in [0.717, 1.165) is 31.0 Å². The summed E-state index contributed by atoms with van der Waals surface area (Å²) in [6.07, 6.45) is 5.00. The highest BCUT2D eigenvalue weighted by atomic mass is 16.5. The lowest BCUT2D eigenvalue weighted by Gasteiger charge is -2.20. The fraction of sp³-hybridized carbons (Fsp3) is 0.462. The molecule has 0 bridgehead atoms. The van der Waals surface area contributed by atoms with Gasteiger partial charge in [-0.1, -0.05) is 11.2 Å². The average Bonchev–Trinajstić information content (AvgIpc) is 2.89. The van der Waals surface area contributed by atoms with Crippen LogP contribution in [-0.4, -0.2) is 28.2 Å². The first kappa shape index (κ1) is 11.3. The summed E-state index contributed by atoms with van der Waals surface area (Å²) >= 11 is 0. The first-order chi connectivity index (χ1) is 8.92. The fourth-order valence-electron chi connectivity index (χ4n) is 2.27. The van der Waals surface area contributed by atoms with Gasteiger partial charge < -0.3 is 9.84 Å². The highest BCUT2D eigenvalue weighted by molar-refractivity contribution is 5.45. The first-order valence-corrected chi connectivity index (χ1v) is 6.36. The number of rotatable bonds is 3. The molecule has 0 unspecified atom stereocenters. The normalized spacial score (nSPS) is 16.9. The lowest BCUT2D eigenvalue weighted by molar-refractivity contribution is 0.356. The third-order valence-corrected chi connectivity index (χ3v) is 3.28. The number of hydrogen-bond donors (Lipinski definition) is 1. The van der Waals surface area contributed by atoms with Crippen molar-refractivity contribution in [2.45, 2.75) is 19.3 Å². The minimum atomic E-state index is 0.513. The molecule has 3 rings (SSSR count). The SMILES string of the molecule is c1ccc(-c2nc(CC3CCNCC3)no2)nc1. The van der Waals surface area contributed by atoms with E-state index >= 15 is 0 Å². The molecule has 5 nitrogen and oxygen atoms in total. The van der Waals surface area contributed by atoms with Gasteiger partial charge in [0, 0.05) is 12.6 Å². The molecule has 1 aliphatic heterocycles. The van der Waals surface area contributed by atoms with Gasteiger partial charge in [0.2, 0.25) is 0 Å². The van der Waals surface area contributed by atoms with E-state index in [1.165, 1.54) is 12.8 Å². The summed E-state index contributed by atoms with van der Waals surface area (Å²) in [5.41, 5.74) is 0.738. The van der Waals surface area contributed by atoms with Crippen molar-refractivity contribution in [1.82, 2.24) is 20.4 Å². The Morgan fingerprint density at radius 2 is 2.17 bits per heavy atom. The van der Waals surface area contributed by atoms with Gasteiger partial charge >= 0.3 is 0 Å². The molecular formula is C13H16N4O. The predicted molar refractivity (Wildman–Crippen MR) is 66.8 cm³/mol. The van der Waals surface area contributed by atoms with Gasteiger partial charge in [-0.05, 0) is 44.0 Å². The molecular weight excluding hydrogens is 228 g/mol. The van der Waals surface area contributed by atoms with Crippen LogP contribution in [0.25, 0.3) is 11.6 Å². The Morgan fingerprint density at radius 1 is 1.28 bits per heavy atom. The van der Waals surface area contributed by atoms with Crippen LogP contribution in [0.4, 0.5) is 0 Å². The van der Waals surface area contributed by atoms with E-state index in [4.69, 9.17) is 4.52 Å². The van der Waals surface area contributed by atoms with Gasteiger partial charge in [0.25, 0.3) is 5.89 Å². The summed E-state index contributed by atoms with van der Waals surface area (Å²) in [6.45, 7) is 2.19. The molecule has 18 heavy (non-hydrogen) atoms. The monoisotopic (exact) mass is 244 g/mol. The Balaban J connectivity index is 1.69. The molecule has 0 aromatic carbocycles. The summed E-state index contributed by atoms with van der Waals surface area (Å²) in [7, 11) is 0. The van der Waals surface area contributed by atoms with Gasteiger partial charge in [-0.3, -0.25) is 4.98 Å².